The Morgan fingerprint density at radius 1 is 1.19 bits per heavy atom. The van der Waals surface area contributed by atoms with Gasteiger partial charge in [-0.3, -0.25) is 0 Å². The minimum atomic E-state index is 0.473. The van der Waals surface area contributed by atoms with Crippen LogP contribution >= 0.6 is 0 Å². The number of likely N-dealkylation sites (N-methyl/N-ethyl adjacent to an activating group) is 1. The lowest BCUT2D eigenvalue weighted by atomic mass is 10.2. The van der Waals surface area contributed by atoms with Crippen LogP contribution < -0.4 is 10.2 Å². The third-order valence-electron chi connectivity index (χ3n) is 3.36. The van der Waals surface area contributed by atoms with Gasteiger partial charge in [0, 0.05) is 49.7 Å². The number of aromatic nitrogens is 2. The van der Waals surface area contributed by atoms with Gasteiger partial charge in [0.2, 0.25) is 5.95 Å². The zero-order chi connectivity index (χ0) is 15.8. The quantitative estimate of drug-likeness (QED) is 0.755. The Morgan fingerprint density at radius 2 is 1.90 bits per heavy atom. The smallest absolute Gasteiger partial charge is 0.225 e. The molecule has 0 aliphatic rings. The zero-order valence-corrected chi connectivity index (χ0v) is 14.5. The van der Waals surface area contributed by atoms with Crippen LogP contribution in [0.1, 0.15) is 38.4 Å². The van der Waals surface area contributed by atoms with Crippen molar-refractivity contribution >= 4 is 5.95 Å². The first-order valence-corrected chi connectivity index (χ1v) is 7.89. The third kappa shape index (κ3) is 6.40. The van der Waals surface area contributed by atoms with Crippen LogP contribution in [0.4, 0.5) is 5.95 Å². The van der Waals surface area contributed by atoms with Crippen LogP contribution in [0.15, 0.2) is 6.20 Å². The van der Waals surface area contributed by atoms with Gasteiger partial charge < -0.3 is 15.1 Å². The SMILES string of the molecule is CCCN(CCN(C)C)c1ncc(CNC(C)C)c(C)n1. The van der Waals surface area contributed by atoms with Crippen molar-refractivity contribution < 1.29 is 0 Å². The summed E-state index contributed by atoms with van der Waals surface area (Å²) in [5, 5.41) is 3.42. The van der Waals surface area contributed by atoms with E-state index in [0.717, 1.165) is 44.2 Å². The average Bonchev–Trinajstić information content (AvgIpc) is 2.41. The summed E-state index contributed by atoms with van der Waals surface area (Å²) in [6, 6.07) is 0.473. The predicted octanol–water partition coefficient (Wildman–Crippen LogP) is 2.06. The summed E-state index contributed by atoms with van der Waals surface area (Å²) in [4.78, 5) is 13.7. The Morgan fingerprint density at radius 3 is 2.43 bits per heavy atom. The molecule has 21 heavy (non-hydrogen) atoms. The highest BCUT2D eigenvalue weighted by Gasteiger charge is 2.11. The molecule has 0 unspecified atom stereocenters. The molecule has 0 aliphatic heterocycles. The van der Waals surface area contributed by atoms with E-state index in [-0.39, 0.29) is 0 Å². The van der Waals surface area contributed by atoms with E-state index >= 15 is 0 Å². The normalized spacial score (nSPS) is 11.4. The van der Waals surface area contributed by atoms with Gasteiger partial charge >= 0.3 is 0 Å². The summed E-state index contributed by atoms with van der Waals surface area (Å²) in [5.74, 6) is 0.851. The highest BCUT2D eigenvalue weighted by Crippen LogP contribution is 2.12. The number of hydrogen-bond acceptors (Lipinski definition) is 5. The van der Waals surface area contributed by atoms with Crippen LogP contribution in [0.5, 0.6) is 0 Å². The molecule has 0 aromatic carbocycles. The Bertz CT molecular complexity index is 417. The third-order valence-corrected chi connectivity index (χ3v) is 3.36. The molecule has 0 radical (unpaired) electrons. The largest absolute Gasteiger partial charge is 0.340 e. The zero-order valence-electron chi connectivity index (χ0n) is 14.5. The molecule has 5 nitrogen and oxygen atoms in total. The summed E-state index contributed by atoms with van der Waals surface area (Å²) < 4.78 is 0. The summed E-state index contributed by atoms with van der Waals surface area (Å²) >= 11 is 0. The minimum absolute atomic E-state index is 0.473. The molecule has 1 heterocycles. The van der Waals surface area contributed by atoms with Crippen molar-refractivity contribution in [2.45, 2.75) is 46.7 Å². The van der Waals surface area contributed by atoms with Gasteiger partial charge in [-0.05, 0) is 27.4 Å². The van der Waals surface area contributed by atoms with Crippen molar-refractivity contribution in [2.24, 2.45) is 0 Å². The van der Waals surface area contributed by atoms with Crippen molar-refractivity contribution in [1.29, 1.82) is 0 Å². The molecule has 0 spiro atoms. The number of nitrogens with zero attached hydrogens (tertiary/aromatic N) is 4. The molecule has 0 saturated carbocycles. The second-order valence-corrected chi connectivity index (χ2v) is 6.11. The van der Waals surface area contributed by atoms with Crippen molar-refractivity contribution in [3.8, 4) is 0 Å². The van der Waals surface area contributed by atoms with E-state index in [1.807, 2.05) is 6.20 Å². The molecule has 1 aromatic rings. The second kappa shape index (κ2) is 8.95. The number of nitrogens with one attached hydrogen (secondary N) is 1. The van der Waals surface area contributed by atoms with Crippen LogP contribution in [-0.2, 0) is 6.54 Å². The van der Waals surface area contributed by atoms with Crippen LogP contribution in [0, 0.1) is 6.92 Å². The number of aryl methyl sites for hydroxylation is 1. The molecule has 120 valence electrons. The van der Waals surface area contributed by atoms with Gasteiger partial charge in [0.1, 0.15) is 0 Å². The second-order valence-electron chi connectivity index (χ2n) is 6.11. The van der Waals surface area contributed by atoms with E-state index in [4.69, 9.17) is 4.98 Å². The fourth-order valence-corrected chi connectivity index (χ4v) is 2.02. The average molecular weight is 293 g/mol. The minimum Gasteiger partial charge on any atom is -0.340 e. The Hall–Kier alpha value is -1.20. The lowest BCUT2D eigenvalue weighted by molar-refractivity contribution is 0.411. The van der Waals surface area contributed by atoms with Crippen molar-refractivity contribution in [3.05, 3.63) is 17.5 Å². The monoisotopic (exact) mass is 293 g/mol. The summed E-state index contributed by atoms with van der Waals surface area (Å²) in [5.41, 5.74) is 2.25. The standard InChI is InChI=1S/C16H31N5/c1-7-8-21(10-9-20(5)6)16-18-12-15(14(4)19-16)11-17-13(2)3/h12-13,17H,7-11H2,1-6H3. The van der Waals surface area contributed by atoms with Gasteiger partial charge in [0.15, 0.2) is 0 Å². The van der Waals surface area contributed by atoms with E-state index in [0.29, 0.717) is 6.04 Å². The predicted molar refractivity (Wildman–Crippen MR) is 89.8 cm³/mol. The van der Waals surface area contributed by atoms with Gasteiger partial charge in [0.05, 0.1) is 0 Å². The first-order chi connectivity index (χ1) is 9.93. The van der Waals surface area contributed by atoms with E-state index in [1.165, 1.54) is 5.56 Å². The molecule has 0 aliphatic carbocycles. The first-order valence-electron chi connectivity index (χ1n) is 7.89. The molecule has 1 rings (SSSR count). The van der Waals surface area contributed by atoms with Crippen LogP contribution in [0.2, 0.25) is 0 Å². The van der Waals surface area contributed by atoms with Crippen molar-refractivity contribution in [3.63, 3.8) is 0 Å². The van der Waals surface area contributed by atoms with Gasteiger partial charge in [-0.2, -0.15) is 0 Å². The fraction of sp³-hybridized carbons (Fsp3) is 0.750. The van der Waals surface area contributed by atoms with Crippen LogP contribution in [0.25, 0.3) is 0 Å². The maximum Gasteiger partial charge on any atom is 0.225 e. The highest BCUT2D eigenvalue weighted by atomic mass is 15.3. The summed E-state index contributed by atoms with van der Waals surface area (Å²) in [6.45, 7) is 12.4. The van der Waals surface area contributed by atoms with E-state index in [2.05, 4.69) is 61.9 Å². The van der Waals surface area contributed by atoms with Crippen LogP contribution in [-0.4, -0.2) is 54.6 Å². The molecule has 1 aromatic heterocycles. The van der Waals surface area contributed by atoms with Gasteiger partial charge in [-0.1, -0.05) is 20.8 Å². The number of anilines is 1. The van der Waals surface area contributed by atoms with E-state index < -0.39 is 0 Å². The van der Waals surface area contributed by atoms with Crippen molar-refractivity contribution in [2.75, 3.05) is 38.6 Å². The summed E-state index contributed by atoms with van der Waals surface area (Å²) in [6.07, 6.45) is 3.07. The molecule has 5 heteroatoms. The molecule has 0 atom stereocenters. The molecular formula is C16H31N5. The van der Waals surface area contributed by atoms with Crippen LogP contribution in [0.3, 0.4) is 0 Å². The maximum absolute atomic E-state index is 4.70. The van der Waals surface area contributed by atoms with Gasteiger partial charge in [0.25, 0.3) is 0 Å². The molecule has 0 amide bonds. The topological polar surface area (TPSA) is 44.3 Å². The van der Waals surface area contributed by atoms with Gasteiger partial charge in [-0.25, -0.2) is 9.97 Å². The maximum atomic E-state index is 4.70. The highest BCUT2D eigenvalue weighted by molar-refractivity contribution is 5.33. The Labute approximate surface area is 129 Å². The molecule has 0 bridgehead atoms. The molecular weight excluding hydrogens is 262 g/mol. The number of rotatable bonds is 9. The number of hydrogen-bond donors (Lipinski definition) is 1. The lowest BCUT2D eigenvalue weighted by Gasteiger charge is -2.24. The lowest BCUT2D eigenvalue weighted by Crippen LogP contribution is -2.33. The molecule has 1 N–H and O–H groups in total. The Kier molecular flexibility index (Phi) is 7.61. The molecule has 0 fully saturated rings. The first kappa shape index (κ1) is 17.9. The van der Waals surface area contributed by atoms with Gasteiger partial charge in [-0.15, -0.1) is 0 Å². The fourth-order valence-electron chi connectivity index (χ4n) is 2.02. The summed E-state index contributed by atoms with van der Waals surface area (Å²) in [7, 11) is 4.19. The van der Waals surface area contributed by atoms with E-state index in [9.17, 15) is 0 Å². The molecule has 0 saturated heterocycles. The Balaban J connectivity index is 2.77. The van der Waals surface area contributed by atoms with Crippen molar-refractivity contribution in [1.82, 2.24) is 20.2 Å². The van der Waals surface area contributed by atoms with E-state index in [1.54, 1.807) is 0 Å².